The number of hydrogen-bond donors (Lipinski definition) is 1. The first kappa shape index (κ1) is 16.4. The third-order valence-electron chi connectivity index (χ3n) is 2.90. The maximum absolute atomic E-state index is 11.8. The van der Waals surface area contributed by atoms with Gasteiger partial charge in [-0.25, -0.2) is 0 Å². The molecule has 0 atom stereocenters. The molecule has 1 N–H and O–H groups in total. The third-order valence-corrected chi connectivity index (χ3v) is 2.90. The molecule has 2 rings (SSSR count). The Labute approximate surface area is 133 Å². The number of carbonyl (C=O) groups excluding carboxylic acids is 2. The van der Waals surface area contributed by atoms with Gasteiger partial charge in [-0.15, -0.1) is 0 Å². The highest BCUT2D eigenvalue weighted by atomic mass is 16.5. The van der Waals surface area contributed by atoms with Crippen molar-refractivity contribution < 1.29 is 24.2 Å². The lowest BCUT2D eigenvalue weighted by molar-refractivity contribution is -0.255. The van der Waals surface area contributed by atoms with E-state index in [4.69, 9.17) is 9.47 Å². The number of nitrogens with one attached hydrogen (secondary N) is 1. The molecule has 0 aliphatic carbocycles. The largest absolute Gasteiger partial charge is 0.545 e. The molecule has 1 amide bonds. The lowest BCUT2D eigenvalue weighted by atomic mass is 10.2. The van der Waals surface area contributed by atoms with Crippen molar-refractivity contribution in [2.45, 2.75) is 6.92 Å². The molecule has 0 unspecified atom stereocenters. The first-order valence-corrected chi connectivity index (χ1v) is 7.06. The van der Waals surface area contributed by atoms with Crippen molar-refractivity contribution in [1.82, 2.24) is 0 Å². The first-order chi connectivity index (χ1) is 11.1. The number of aromatic carboxylic acids is 1. The zero-order valence-electron chi connectivity index (χ0n) is 12.6. The molecule has 0 saturated carbocycles. The molecule has 2 aromatic rings. The summed E-state index contributed by atoms with van der Waals surface area (Å²) in [6, 6.07) is 13.1. The van der Waals surface area contributed by atoms with Crippen LogP contribution in [0.4, 0.5) is 5.69 Å². The number of carbonyl (C=O) groups is 2. The molecule has 0 spiro atoms. The SMILES string of the molecule is CCOc1cc(C(=O)[O-])ccc1OCC(=O)Nc1ccccc1. The molecular weight excluding hydrogens is 298 g/mol. The van der Waals surface area contributed by atoms with Crippen LogP contribution in [0.1, 0.15) is 17.3 Å². The minimum Gasteiger partial charge on any atom is -0.545 e. The second-order valence-electron chi connectivity index (χ2n) is 4.58. The monoisotopic (exact) mass is 314 g/mol. The summed E-state index contributed by atoms with van der Waals surface area (Å²) in [6.45, 7) is 1.88. The van der Waals surface area contributed by atoms with E-state index in [1.807, 2.05) is 18.2 Å². The Morgan fingerprint density at radius 3 is 2.43 bits per heavy atom. The molecule has 2 aromatic carbocycles. The average Bonchev–Trinajstić information content (AvgIpc) is 2.54. The number of carboxylic acids is 1. The van der Waals surface area contributed by atoms with Crippen LogP contribution in [-0.2, 0) is 4.79 Å². The van der Waals surface area contributed by atoms with Gasteiger partial charge in [0.2, 0.25) is 0 Å². The van der Waals surface area contributed by atoms with E-state index in [0.717, 1.165) is 0 Å². The minimum atomic E-state index is -1.31. The second-order valence-corrected chi connectivity index (χ2v) is 4.58. The van der Waals surface area contributed by atoms with E-state index >= 15 is 0 Å². The number of rotatable bonds is 7. The van der Waals surface area contributed by atoms with E-state index in [-0.39, 0.29) is 23.8 Å². The number of ether oxygens (including phenoxy) is 2. The lowest BCUT2D eigenvalue weighted by Gasteiger charge is -2.13. The standard InChI is InChI=1S/C17H17NO5/c1-2-22-15-10-12(17(20)21)8-9-14(15)23-11-16(19)18-13-6-4-3-5-7-13/h3-10H,2,11H2,1H3,(H,18,19)(H,20,21)/p-1. The van der Waals surface area contributed by atoms with Gasteiger partial charge in [0.1, 0.15) is 0 Å². The Hall–Kier alpha value is -3.02. The van der Waals surface area contributed by atoms with Crippen LogP contribution in [0.5, 0.6) is 11.5 Å². The van der Waals surface area contributed by atoms with Crippen molar-refractivity contribution in [1.29, 1.82) is 0 Å². The highest BCUT2D eigenvalue weighted by molar-refractivity contribution is 5.92. The molecule has 23 heavy (non-hydrogen) atoms. The van der Waals surface area contributed by atoms with Crippen LogP contribution in [0, 0.1) is 0 Å². The number of benzene rings is 2. The van der Waals surface area contributed by atoms with Crippen molar-refractivity contribution in [3.05, 3.63) is 54.1 Å². The van der Waals surface area contributed by atoms with E-state index < -0.39 is 5.97 Å². The third kappa shape index (κ3) is 4.74. The van der Waals surface area contributed by atoms with Crippen LogP contribution in [-0.4, -0.2) is 25.1 Å². The average molecular weight is 314 g/mol. The van der Waals surface area contributed by atoms with Crippen LogP contribution in [0.15, 0.2) is 48.5 Å². The summed E-state index contributed by atoms with van der Waals surface area (Å²) in [5, 5.41) is 13.6. The van der Waals surface area contributed by atoms with Crippen molar-refractivity contribution >= 4 is 17.6 Å². The number of hydrogen-bond acceptors (Lipinski definition) is 5. The molecule has 0 bridgehead atoms. The van der Waals surface area contributed by atoms with Crippen LogP contribution in [0.25, 0.3) is 0 Å². The Kier molecular flexibility index (Phi) is 5.57. The predicted octanol–water partition coefficient (Wildman–Crippen LogP) is 1.47. The summed E-state index contributed by atoms with van der Waals surface area (Å²) < 4.78 is 10.7. The summed E-state index contributed by atoms with van der Waals surface area (Å²) in [7, 11) is 0. The van der Waals surface area contributed by atoms with Gasteiger partial charge in [-0.1, -0.05) is 18.2 Å². The molecule has 0 aromatic heterocycles. The van der Waals surface area contributed by atoms with Crippen LogP contribution in [0.2, 0.25) is 0 Å². The molecule has 0 saturated heterocycles. The van der Waals surface area contributed by atoms with Crippen LogP contribution < -0.4 is 19.9 Å². The van der Waals surface area contributed by atoms with E-state index in [9.17, 15) is 14.7 Å². The Morgan fingerprint density at radius 1 is 1.04 bits per heavy atom. The van der Waals surface area contributed by atoms with Crippen LogP contribution >= 0.6 is 0 Å². The van der Waals surface area contributed by atoms with Gasteiger partial charge >= 0.3 is 0 Å². The van der Waals surface area contributed by atoms with Crippen molar-refractivity contribution in [2.24, 2.45) is 0 Å². The zero-order chi connectivity index (χ0) is 16.7. The smallest absolute Gasteiger partial charge is 0.262 e. The topological polar surface area (TPSA) is 87.7 Å². The van der Waals surface area contributed by atoms with E-state index in [2.05, 4.69) is 5.32 Å². The zero-order valence-corrected chi connectivity index (χ0v) is 12.6. The highest BCUT2D eigenvalue weighted by Gasteiger charge is 2.10. The second kappa shape index (κ2) is 7.84. The number of amides is 1. The molecule has 0 radical (unpaired) electrons. The number of para-hydroxylation sites is 1. The molecule has 0 fully saturated rings. The normalized spacial score (nSPS) is 9.96. The summed E-state index contributed by atoms with van der Waals surface area (Å²) in [4.78, 5) is 22.7. The molecule has 6 heteroatoms. The quantitative estimate of drug-likeness (QED) is 0.836. The fraction of sp³-hybridized carbons (Fsp3) is 0.176. The van der Waals surface area contributed by atoms with Gasteiger partial charge in [-0.2, -0.15) is 0 Å². The fourth-order valence-corrected chi connectivity index (χ4v) is 1.88. The number of carboxylic acid groups (broad SMARTS) is 1. The Bertz CT molecular complexity index is 685. The Morgan fingerprint density at radius 2 is 1.78 bits per heavy atom. The lowest BCUT2D eigenvalue weighted by Crippen LogP contribution is -2.22. The van der Waals surface area contributed by atoms with Crippen molar-refractivity contribution in [2.75, 3.05) is 18.5 Å². The molecule has 120 valence electrons. The van der Waals surface area contributed by atoms with E-state index in [1.54, 1.807) is 19.1 Å². The molecule has 0 aliphatic rings. The summed E-state index contributed by atoms with van der Waals surface area (Å²) in [5.41, 5.74) is 0.646. The van der Waals surface area contributed by atoms with Crippen molar-refractivity contribution in [3.8, 4) is 11.5 Å². The minimum absolute atomic E-state index is 0.0189. The summed E-state index contributed by atoms with van der Waals surface area (Å²) in [5.74, 6) is -1.09. The first-order valence-electron chi connectivity index (χ1n) is 7.06. The maximum atomic E-state index is 11.8. The molecule has 0 aliphatic heterocycles. The van der Waals surface area contributed by atoms with Crippen LogP contribution in [0.3, 0.4) is 0 Å². The fourth-order valence-electron chi connectivity index (χ4n) is 1.88. The molecular formula is C17H16NO5-. The molecule has 6 nitrogen and oxygen atoms in total. The van der Waals surface area contributed by atoms with Gasteiger partial charge in [-0.3, -0.25) is 4.79 Å². The Balaban J connectivity index is 2.01. The van der Waals surface area contributed by atoms with Gasteiger partial charge in [0.25, 0.3) is 5.91 Å². The molecule has 0 heterocycles. The number of anilines is 1. The summed E-state index contributed by atoms with van der Waals surface area (Å²) >= 11 is 0. The van der Waals surface area contributed by atoms with E-state index in [0.29, 0.717) is 18.0 Å². The van der Waals surface area contributed by atoms with Gasteiger partial charge < -0.3 is 24.7 Å². The maximum Gasteiger partial charge on any atom is 0.262 e. The van der Waals surface area contributed by atoms with Gasteiger partial charge in [-0.05, 0) is 37.3 Å². The van der Waals surface area contributed by atoms with E-state index in [1.165, 1.54) is 18.2 Å². The van der Waals surface area contributed by atoms with Gasteiger partial charge in [0.15, 0.2) is 18.1 Å². The predicted molar refractivity (Wildman–Crippen MR) is 82.5 cm³/mol. The van der Waals surface area contributed by atoms with Gasteiger partial charge in [0, 0.05) is 11.3 Å². The highest BCUT2D eigenvalue weighted by Crippen LogP contribution is 2.28. The summed E-state index contributed by atoms with van der Waals surface area (Å²) in [6.07, 6.45) is 0. The van der Waals surface area contributed by atoms with Gasteiger partial charge in [0.05, 0.1) is 12.6 Å². The van der Waals surface area contributed by atoms with Crippen molar-refractivity contribution in [3.63, 3.8) is 0 Å².